The van der Waals surface area contributed by atoms with Crippen molar-refractivity contribution in [1.82, 2.24) is 9.97 Å². The van der Waals surface area contributed by atoms with E-state index in [1.807, 2.05) is 0 Å². The van der Waals surface area contributed by atoms with Crippen LogP contribution < -0.4 is 5.56 Å². The SMILES string of the molecule is Cl.O=c1cc(Cl)nc[nH]1. The molecule has 0 spiro atoms. The molecule has 9 heavy (non-hydrogen) atoms. The van der Waals surface area contributed by atoms with Crippen molar-refractivity contribution in [3.05, 3.63) is 27.9 Å². The van der Waals surface area contributed by atoms with Crippen LogP contribution >= 0.6 is 24.0 Å². The van der Waals surface area contributed by atoms with Crippen LogP contribution in [-0.4, -0.2) is 9.97 Å². The minimum Gasteiger partial charge on any atom is -0.313 e. The van der Waals surface area contributed by atoms with E-state index < -0.39 is 0 Å². The van der Waals surface area contributed by atoms with Crippen LogP contribution in [0.3, 0.4) is 0 Å². The Morgan fingerprint density at radius 1 is 1.67 bits per heavy atom. The van der Waals surface area contributed by atoms with Crippen molar-refractivity contribution >= 4 is 24.0 Å². The number of hydrogen-bond donors (Lipinski definition) is 1. The van der Waals surface area contributed by atoms with Crippen LogP contribution in [0.5, 0.6) is 0 Å². The first-order valence-electron chi connectivity index (χ1n) is 1.99. The Morgan fingerprint density at radius 2 is 2.33 bits per heavy atom. The Bertz CT molecular complexity index is 234. The van der Waals surface area contributed by atoms with Crippen LogP contribution in [0, 0.1) is 0 Å². The molecular weight excluding hydrogens is 163 g/mol. The Hall–Kier alpha value is -0.540. The quantitative estimate of drug-likeness (QED) is 0.582. The number of aromatic amines is 1. The van der Waals surface area contributed by atoms with E-state index in [9.17, 15) is 4.79 Å². The van der Waals surface area contributed by atoms with Gasteiger partial charge in [0.1, 0.15) is 5.15 Å². The van der Waals surface area contributed by atoms with Crippen LogP contribution in [0.25, 0.3) is 0 Å². The maximum absolute atomic E-state index is 10.3. The van der Waals surface area contributed by atoms with E-state index >= 15 is 0 Å². The second-order valence-electron chi connectivity index (χ2n) is 1.23. The minimum absolute atomic E-state index is 0. The highest BCUT2D eigenvalue weighted by Crippen LogP contribution is 1.93. The Labute approximate surface area is 62.5 Å². The van der Waals surface area contributed by atoms with Gasteiger partial charge in [-0.25, -0.2) is 4.98 Å². The number of aromatic nitrogens is 2. The fourth-order valence-electron chi connectivity index (χ4n) is 0.345. The first-order valence-corrected chi connectivity index (χ1v) is 2.37. The van der Waals surface area contributed by atoms with Gasteiger partial charge in [0.25, 0.3) is 5.56 Å². The number of nitrogens with zero attached hydrogens (tertiary/aromatic N) is 1. The van der Waals surface area contributed by atoms with Crippen LogP contribution in [0.2, 0.25) is 5.15 Å². The van der Waals surface area contributed by atoms with Crippen LogP contribution in [-0.2, 0) is 0 Å². The fraction of sp³-hybridized carbons (Fsp3) is 0. The lowest BCUT2D eigenvalue weighted by molar-refractivity contribution is 1.12. The molecule has 50 valence electrons. The lowest BCUT2D eigenvalue weighted by Crippen LogP contribution is -2.02. The van der Waals surface area contributed by atoms with E-state index in [0.29, 0.717) is 0 Å². The highest BCUT2D eigenvalue weighted by atomic mass is 35.5. The second-order valence-corrected chi connectivity index (χ2v) is 1.62. The van der Waals surface area contributed by atoms with E-state index in [4.69, 9.17) is 11.6 Å². The van der Waals surface area contributed by atoms with Crippen LogP contribution in [0.15, 0.2) is 17.2 Å². The summed E-state index contributed by atoms with van der Waals surface area (Å²) >= 11 is 5.31. The van der Waals surface area contributed by atoms with E-state index in [1.54, 1.807) is 0 Å². The summed E-state index contributed by atoms with van der Waals surface area (Å²) in [6.07, 6.45) is 1.25. The monoisotopic (exact) mass is 166 g/mol. The number of rotatable bonds is 0. The summed E-state index contributed by atoms with van der Waals surface area (Å²) in [6.45, 7) is 0. The molecule has 0 bridgehead atoms. The zero-order chi connectivity index (χ0) is 5.98. The number of hydrogen-bond acceptors (Lipinski definition) is 2. The number of H-pyrrole nitrogens is 1. The Balaban J connectivity index is 0.000000640. The molecule has 0 unspecified atom stereocenters. The van der Waals surface area contributed by atoms with E-state index in [2.05, 4.69) is 9.97 Å². The van der Waals surface area contributed by atoms with Crippen molar-refractivity contribution in [2.75, 3.05) is 0 Å². The molecule has 0 saturated heterocycles. The van der Waals surface area contributed by atoms with Gasteiger partial charge in [0.05, 0.1) is 6.33 Å². The summed E-state index contributed by atoms with van der Waals surface area (Å²) in [5.41, 5.74) is -0.231. The lowest BCUT2D eigenvalue weighted by Gasteiger charge is -1.80. The van der Waals surface area contributed by atoms with Crippen molar-refractivity contribution < 1.29 is 0 Å². The molecule has 1 rings (SSSR count). The van der Waals surface area contributed by atoms with Gasteiger partial charge in [0, 0.05) is 6.07 Å². The summed E-state index contributed by atoms with van der Waals surface area (Å²) < 4.78 is 0. The molecule has 0 atom stereocenters. The van der Waals surface area contributed by atoms with Crippen molar-refractivity contribution in [1.29, 1.82) is 0 Å². The molecule has 0 aliphatic heterocycles. The molecule has 1 heterocycles. The van der Waals surface area contributed by atoms with E-state index in [-0.39, 0.29) is 23.1 Å². The van der Waals surface area contributed by atoms with Gasteiger partial charge in [-0.3, -0.25) is 4.79 Å². The molecule has 0 radical (unpaired) electrons. The first kappa shape index (κ1) is 8.46. The zero-order valence-corrected chi connectivity index (χ0v) is 5.87. The summed E-state index contributed by atoms with van der Waals surface area (Å²) in [6, 6.07) is 1.21. The van der Waals surface area contributed by atoms with Gasteiger partial charge in [0.2, 0.25) is 0 Å². The summed E-state index contributed by atoms with van der Waals surface area (Å²) in [7, 11) is 0. The summed E-state index contributed by atoms with van der Waals surface area (Å²) in [5.74, 6) is 0. The van der Waals surface area contributed by atoms with E-state index in [0.717, 1.165) is 0 Å². The normalized spacial score (nSPS) is 8.11. The smallest absolute Gasteiger partial charge is 0.252 e. The summed E-state index contributed by atoms with van der Waals surface area (Å²) in [5, 5.41) is 0.216. The van der Waals surface area contributed by atoms with Gasteiger partial charge in [-0.15, -0.1) is 12.4 Å². The van der Waals surface area contributed by atoms with Crippen LogP contribution in [0.1, 0.15) is 0 Å². The van der Waals surface area contributed by atoms with Gasteiger partial charge >= 0.3 is 0 Å². The Kier molecular flexibility index (Phi) is 3.27. The average Bonchev–Trinajstić information content (AvgIpc) is 1.64. The highest BCUT2D eigenvalue weighted by Gasteiger charge is 1.84. The van der Waals surface area contributed by atoms with Crippen molar-refractivity contribution in [2.24, 2.45) is 0 Å². The van der Waals surface area contributed by atoms with Gasteiger partial charge in [-0.05, 0) is 0 Å². The molecule has 1 aromatic heterocycles. The molecule has 0 amide bonds. The molecule has 0 aliphatic rings. The highest BCUT2D eigenvalue weighted by molar-refractivity contribution is 6.29. The second kappa shape index (κ2) is 3.48. The van der Waals surface area contributed by atoms with Crippen molar-refractivity contribution in [2.45, 2.75) is 0 Å². The fourth-order valence-corrected chi connectivity index (χ4v) is 0.493. The van der Waals surface area contributed by atoms with Crippen LogP contribution in [0.4, 0.5) is 0 Å². The van der Waals surface area contributed by atoms with Gasteiger partial charge in [-0.1, -0.05) is 11.6 Å². The maximum atomic E-state index is 10.3. The lowest BCUT2D eigenvalue weighted by atomic mass is 10.7. The molecular formula is C4H4Cl2N2O. The third-order valence-corrected chi connectivity index (χ3v) is 0.852. The molecule has 1 aromatic rings. The average molecular weight is 167 g/mol. The molecule has 0 saturated carbocycles. The minimum atomic E-state index is -0.231. The molecule has 1 N–H and O–H groups in total. The third kappa shape index (κ3) is 2.49. The van der Waals surface area contributed by atoms with Gasteiger partial charge < -0.3 is 4.98 Å². The molecule has 5 heteroatoms. The molecule has 0 fully saturated rings. The maximum Gasteiger partial charge on any atom is 0.252 e. The standard InChI is InChI=1S/C4H3ClN2O.ClH/c5-3-1-4(8)7-2-6-3;/h1-2H,(H,6,7,8);1H. The third-order valence-electron chi connectivity index (χ3n) is 0.645. The van der Waals surface area contributed by atoms with Gasteiger partial charge in [-0.2, -0.15) is 0 Å². The Morgan fingerprint density at radius 3 is 2.67 bits per heavy atom. The topological polar surface area (TPSA) is 45.8 Å². The molecule has 3 nitrogen and oxygen atoms in total. The predicted octanol–water partition coefficient (Wildman–Crippen LogP) is 0.845. The predicted molar refractivity (Wildman–Crippen MR) is 37.1 cm³/mol. The molecule has 0 aromatic carbocycles. The van der Waals surface area contributed by atoms with E-state index in [1.165, 1.54) is 12.4 Å². The zero-order valence-electron chi connectivity index (χ0n) is 4.30. The number of halogens is 2. The largest absolute Gasteiger partial charge is 0.313 e. The van der Waals surface area contributed by atoms with Crippen molar-refractivity contribution in [3.8, 4) is 0 Å². The first-order chi connectivity index (χ1) is 3.79. The van der Waals surface area contributed by atoms with Gasteiger partial charge in [0.15, 0.2) is 0 Å². The van der Waals surface area contributed by atoms with Crippen molar-refractivity contribution in [3.63, 3.8) is 0 Å². The number of nitrogens with one attached hydrogen (secondary N) is 1. The summed E-state index contributed by atoms with van der Waals surface area (Å²) in [4.78, 5) is 16.2. The molecule has 0 aliphatic carbocycles.